The first kappa shape index (κ1) is 21.2. The number of fused-ring (bicyclic) bond motifs is 1. The molecule has 9 heteroatoms. The molecule has 2 aromatic carbocycles. The molecule has 0 radical (unpaired) electrons. The summed E-state index contributed by atoms with van der Waals surface area (Å²) in [7, 11) is 2.17. The number of carbonyl (C=O) groups is 1. The summed E-state index contributed by atoms with van der Waals surface area (Å²) in [5.74, 6) is 0.508. The van der Waals surface area contributed by atoms with Crippen molar-refractivity contribution < 1.29 is 17.9 Å². The van der Waals surface area contributed by atoms with E-state index in [0.717, 1.165) is 22.2 Å². The first-order chi connectivity index (χ1) is 13.7. The van der Waals surface area contributed by atoms with Gasteiger partial charge in [0, 0.05) is 24.9 Å². The quantitative estimate of drug-likeness (QED) is 0.570. The number of anilines is 1. The van der Waals surface area contributed by atoms with E-state index in [4.69, 9.17) is 4.74 Å². The van der Waals surface area contributed by atoms with Gasteiger partial charge in [-0.15, -0.1) is 0 Å². The minimum absolute atomic E-state index is 0.181. The number of sulfone groups is 1. The lowest BCUT2D eigenvalue weighted by molar-refractivity contribution is 0.0985. The van der Waals surface area contributed by atoms with Gasteiger partial charge in [0.1, 0.15) is 5.75 Å². The van der Waals surface area contributed by atoms with Crippen molar-refractivity contribution in [3.8, 4) is 5.75 Å². The summed E-state index contributed by atoms with van der Waals surface area (Å²) in [4.78, 5) is 21.6. The summed E-state index contributed by atoms with van der Waals surface area (Å²) in [6.45, 7) is 1.11. The monoisotopic (exact) mass is 433 g/mol. The maximum absolute atomic E-state index is 13.2. The zero-order chi connectivity index (χ0) is 21.2. The molecule has 154 valence electrons. The molecule has 0 N–H and O–H groups in total. The van der Waals surface area contributed by atoms with E-state index in [1.807, 2.05) is 37.2 Å². The highest BCUT2D eigenvalue weighted by Crippen LogP contribution is 2.32. The molecule has 3 rings (SSSR count). The van der Waals surface area contributed by atoms with E-state index in [1.165, 1.54) is 35.6 Å². The lowest BCUT2D eigenvalue weighted by Crippen LogP contribution is -2.36. The highest BCUT2D eigenvalue weighted by atomic mass is 32.2. The normalized spacial score (nSPS) is 11.8. The van der Waals surface area contributed by atoms with E-state index in [-0.39, 0.29) is 10.8 Å². The van der Waals surface area contributed by atoms with Gasteiger partial charge in [0.05, 0.1) is 22.2 Å². The van der Waals surface area contributed by atoms with E-state index in [0.29, 0.717) is 23.8 Å². The number of hydrogen-bond acceptors (Lipinski definition) is 7. The van der Waals surface area contributed by atoms with E-state index in [9.17, 15) is 13.2 Å². The molecule has 0 bridgehead atoms. The van der Waals surface area contributed by atoms with Crippen LogP contribution in [0.1, 0.15) is 10.4 Å². The second-order valence-corrected chi connectivity index (χ2v) is 9.91. The van der Waals surface area contributed by atoms with Crippen molar-refractivity contribution >= 4 is 42.4 Å². The molecular weight excluding hydrogens is 410 g/mol. The molecule has 0 fully saturated rings. The fourth-order valence-corrected chi connectivity index (χ4v) is 4.37. The Labute approximate surface area is 174 Å². The highest BCUT2D eigenvalue weighted by molar-refractivity contribution is 7.90. The Morgan fingerprint density at radius 1 is 1.10 bits per heavy atom. The number of likely N-dealkylation sites (N-methyl/N-ethyl adjacent to an activating group) is 1. The van der Waals surface area contributed by atoms with Crippen molar-refractivity contribution in [3.63, 3.8) is 0 Å². The predicted octanol–water partition coefficient (Wildman–Crippen LogP) is 2.92. The van der Waals surface area contributed by atoms with Crippen LogP contribution in [0.2, 0.25) is 0 Å². The summed E-state index contributed by atoms with van der Waals surface area (Å²) >= 11 is 1.42. The number of rotatable bonds is 7. The first-order valence-electron chi connectivity index (χ1n) is 8.90. The van der Waals surface area contributed by atoms with Crippen LogP contribution in [0.3, 0.4) is 0 Å². The van der Waals surface area contributed by atoms with Gasteiger partial charge < -0.3 is 9.64 Å². The number of nitrogens with zero attached hydrogens (tertiary/aromatic N) is 3. The highest BCUT2D eigenvalue weighted by Gasteiger charge is 2.22. The molecular formula is C20H23N3O4S2. The van der Waals surface area contributed by atoms with Gasteiger partial charge in [0.25, 0.3) is 5.91 Å². The van der Waals surface area contributed by atoms with Gasteiger partial charge in [-0.3, -0.25) is 9.69 Å². The molecule has 7 nitrogen and oxygen atoms in total. The van der Waals surface area contributed by atoms with E-state index in [1.54, 1.807) is 12.0 Å². The molecule has 0 saturated heterocycles. The zero-order valence-corrected chi connectivity index (χ0v) is 18.4. The number of thiazole rings is 1. The van der Waals surface area contributed by atoms with Crippen molar-refractivity contribution in [1.82, 2.24) is 9.88 Å². The van der Waals surface area contributed by atoms with Gasteiger partial charge in [-0.2, -0.15) is 0 Å². The van der Waals surface area contributed by atoms with Crippen LogP contribution in [0.4, 0.5) is 5.13 Å². The molecule has 0 aliphatic rings. The van der Waals surface area contributed by atoms with Gasteiger partial charge in [0.15, 0.2) is 15.0 Å². The molecule has 1 aromatic heterocycles. The van der Waals surface area contributed by atoms with Crippen LogP contribution in [0.15, 0.2) is 47.4 Å². The Bertz CT molecular complexity index is 1120. The van der Waals surface area contributed by atoms with Gasteiger partial charge in [-0.1, -0.05) is 11.3 Å². The summed E-state index contributed by atoms with van der Waals surface area (Å²) in [5.41, 5.74) is 1.20. The van der Waals surface area contributed by atoms with E-state index in [2.05, 4.69) is 4.98 Å². The Morgan fingerprint density at radius 3 is 2.38 bits per heavy atom. The van der Waals surface area contributed by atoms with Gasteiger partial charge in [0.2, 0.25) is 0 Å². The molecule has 0 aliphatic carbocycles. The maximum atomic E-state index is 13.2. The number of hydrogen-bond donors (Lipinski definition) is 0. The summed E-state index contributed by atoms with van der Waals surface area (Å²) in [6, 6.07) is 11.6. The second kappa shape index (κ2) is 8.48. The van der Waals surface area contributed by atoms with Crippen LogP contribution in [0.5, 0.6) is 5.75 Å². The number of ether oxygens (including phenoxy) is 1. The van der Waals surface area contributed by atoms with Crippen LogP contribution in [0.25, 0.3) is 10.2 Å². The summed E-state index contributed by atoms with van der Waals surface area (Å²) < 4.78 is 29.6. The largest absolute Gasteiger partial charge is 0.497 e. The van der Waals surface area contributed by atoms with Gasteiger partial charge in [-0.05, 0) is 56.6 Å². The average Bonchev–Trinajstić information content (AvgIpc) is 3.09. The SMILES string of the molecule is COc1ccc2nc(N(CCN(C)C)C(=O)c3ccc(S(C)(=O)=O)cc3)sc2c1. The first-order valence-corrected chi connectivity index (χ1v) is 11.6. The number of amides is 1. The minimum atomic E-state index is -3.32. The van der Waals surface area contributed by atoms with Crippen LogP contribution in [-0.2, 0) is 9.84 Å². The minimum Gasteiger partial charge on any atom is -0.497 e. The van der Waals surface area contributed by atoms with Gasteiger partial charge >= 0.3 is 0 Å². The van der Waals surface area contributed by atoms with E-state index < -0.39 is 9.84 Å². The molecule has 1 amide bonds. The van der Waals surface area contributed by atoms with Crippen LogP contribution >= 0.6 is 11.3 Å². The molecule has 0 spiro atoms. The molecule has 3 aromatic rings. The van der Waals surface area contributed by atoms with Gasteiger partial charge in [-0.25, -0.2) is 13.4 Å². The molecule has 0 atom stereocenters. The Morgan fingerprint density at radius 2 is 1.79 bits per heavy atom. The van der Waals surface area contributed by atoms with Crippen LogP contribution < -0.4 is 9.64 Å². The van der Waals surface area contributed by atoms with Crippen molar-refractivity contribution in [1.29, 1.82) is 0 Å². The van der Waals surface area contributed by atoms with E-state index >= 15 is 0 Å². The number of carbonyl (C=O) groups excluding carboxylic acids is 1. The fourth-order valence-electron chi connectivity index (χ4n) is 2.72. The summed E-state index contributed by atoms with van der Waals surface area (Å²) in [6.07, 6.45) is 1.14. The average molecular weight is 434 g/mol. The fraction of sp³-hybridized carbons (Fsp3) is 0.300. The van der Waals surface area contributed by atoms with Crippen molar-refractivity contribution in [3.05, 3.63) is 48.0 Å². The standard InChI is InChI=1S/C20H23N3O4S2/c1-22(2)11-12-23(19(24)14-5-8-16(9-6-14)29(4,25)26)20-21-17-10-7-15(27-3)13-18(17)28-20/h5-10,13H,11-12H2,1-4H3. The topological polar surface area (TPSA) is 79.8 Å². The predicted molar refractivity (Wildman–Crippen MR) is 116 cm³/mol. The number of benzene rings is 2. The third-order valence-electron chi connectivity index (χ3n) is 4.36. The van der Waals surface area contributed by atoms with Crippen molar-refractivity contribution in [2.75, 3.05) is 45.5 Å². The molecule has 0 saturated carbocycles. The number of aromatic nitrogens is 1. The molecule has 0 unspecified atom stereocenters. The summed E-state index contributed by atoms with van der Waals surface area (Å²) in [5, 5.41) is 0.590. The number of methoxy groups -OCH3 is 1. The third kappa shape index (κ3) is 4.92. The lowest BCUT2D eigenvalue weighted by atomic mass is 10.2. The second-order valence-electron chi connectivity index (χ2n) is 6.89. The van der Waals surface area contributed by atoms with Crippen LogP contribution in [-0.4, -0.2) is 64.8 Å². The molecule has 0 aliphatic heterocycles. The smallest absolute Gasteiger partial charge is 0.260 e. The lowest BCUT2D eigenvalue weighted by Gasteiger charge is -2.22. The third-order valence-corrected chi connectivity index (χ3v) is 6.53. The van der Waals surface area contributed by atoms with Crippen LogP contribution in [0, 0.1) is 0 Å². The Balaban J connectivity index is 1.97. The molecule has 1 heterocycles. The Kier molecular flexibility index (Phi) is 6.21. The van der Waals surface area contributed by atoms with Crippen molar-refractivity contribution in [2.24, 2.45) is 0 Å². The Hall–Kier alpha value is -2.49. The zero-order valence-electron chi connectivity index (χ0n) is 16.7. The van der Waals surface area contributed by atoms with Crippen molar-refractivity contribution in [2.45, 2.75) is 4.90 Å². The maximum Gasteiger partial charge on any atom is 0.260 e. The molecule has 29 heavy (non-hydrogen) atoms.